The van der Waals surface area contributed by atoms with Crippen LogP contribution in [0.4, 0.5) is 5.13 Å². The number of thiazole rings is 1. The smallest absolute Gasteiger partial charge is 0.233 e. The Morgan fingerprint density at radius 3 is 2.79 bits per heavy atom. The van der Waals surface area contributed by atoms with Gasteiger partial charge < -0.3 is 4.57 Å². The number of rotatable bonds is 7. The number of hydrogen-bond acceptors (Lipinski definition) is 4. The highest BCUT2D eigenvalue weighted by Crippen LogP contribution is 2.31. The third kappa shape index (κ3) is 4.54. The highest BCUT2D eigenvalue weighted by atomic mass is 32.1. The Kier molecular flexibility index (Phi) is 5.71. The van der Waals surface area contributed by atoms with Gasteiger partial charge >= 0.3 is 0 Å². The number of anilines is 1. The second-order valence-electron chi connectivity index (χ2n) is 7.28. The average Bonchev–Trinajstić information content (AvgIpc) is 3.35. The van der Waals surface area contributed by atoms with Gasteiger partial charge in [-0.2, -0.15) is 0 Å². The maximum Gasteiger partial charge on any atom is 0.233 e. The predicted octanol–water partition coefficient (Wildman–Crippen LogP) is 4.78. The van der Waals surface area contributed by atoms with Crippen LogP contribution in [-0.2, 0) is 17.8 Å². The second kappa shape index (κ2) is 8.57. The van der Waals surface area contributed by atoms with E-state index in [1.165, 1.54) is 0 Å². The molecule has 0 saturated heterocycles. The van der Waals surface area contributed by atoms with Gasteiger partial charge in [-0.05, 0) is 37.5 Å². The molecule has 2 aromatic heterocycles. The van der Waals surface area contributed by atoms with E-state index in [0.717, 1.165) is 45.0 Å². The summed E-state index contributed by atoms with van der Waals surface area (Å²) in [5.41, 5.74) is 4.31. The summed E-state index contributed by atoms with van der Waals surface area (Å²) in [5.74, 6) is 0.0814. The number of carbonyl (C=O) groups is 1. The number of nitrogens with zero attached hydrogens (tertiary/aromatic N) is 4. The first kappa shape index (κ1) is 19.3. The molecule has 0 radical (unpaired) electrons. The molecular weight excluding hydrogens is 380 g/mol. The Hall–Kier alpha value is -2.99. The van der Waals surface area contributed by atoms with Crippen LogP contribution in [0.5, 0.6) is 0 Å². The maximum absolute atomic E-state index is 13.3. The van der Waals surface area contributed by atoms with Gasteiger partial charge in [0.15, 0.2) is 5.13 Å². The number of fused-ring (bicyclic) bond motifs is 1. The van der Waals surface area contributed by atoms with E-state index in [-0.39, 0.29) is 5.91 Å². The zero-order valence-electron chi connectivity index (χ0n) is 16.7. The van der Waals surface area contributed by atoms with E-state index >= 15 is 0 Å². The lowest BCUT2D eigenvalue weighted by Crippen LogP contribution is -2.33. The summed E-state index contributed by atoms with van der Waals surface area (Å²) in [6, 6.07) is 14.3. The number of aromatic nitrogens is 3. The number of carbonyl (C=O) groups excluding carboxylic acids is 1. The van der Waals surface area contributed by atoms with E-state index < -0.39 is 0 Å². The molecule has 5 nitrogen and oxygen atoms in total. The van der Waals surface area contributed by atoms with E-state index in [9.17, 15) is 4.79 Å². The summed E-state index contributed by atoms with van der Waals surface area (Å²) in [6.45, 7) is 5.55. The van der Waals surface area contributed by atoms with E-state index in [2.05, 4.69) is 30.1 Å². The molecule has 2 aromatic carbocycles. The van der Waals surface area contributed by atoms with Crippen LogP contribution in [0, 0.1) is 13.8 Å². The largest absolute Gasteiger partial charge is 0.337 e. The number of imidazole rings is 1. The van der Waals surface area contributed by atoms with Gasteiger partial charge in [0, 0.05) is 25.5 Å². The van der Waals surface area contributed by atoms with Gasteiger partial charge in [0.25, 0.3) is 0 Å². The molecule has 0 aliphatic rings. The molecule has 0 saturated carbocycles. The Bertz CT molecular complexity index is 1120. The van der Waals surface area contributed by atoms with Gasteiger partial charge in [-0.1, -0.05) is 53.3 Å². The minimum absolute atomic E-state index is 0.0814. The molecule has 148 valence electrons. The van der Waals surface area contributed by atoms with Crippen LogP contribution in [0.15, 0.2) is 61.2 Å². The molecule has 6 heteroatoms. The molecule has 0 N–H and O–H groups in total. The minimum Gasteiger partial charge on any atom is -0.337 e. The fourth-order valence-electron chi connectivity index (χ4n) is 3.44. The highest BCUT2D eigenvalue weighted by Gasteiger charge is 2.20. The van der Waals surface area contributed by atoms with Gasteiger partial charge in [0.1, 0.15) is 0 Å². The lowest BCUT2D eigenvalue weighted by Gasteiger charge is -2.20. The van der Waals surface area contributed by atoms with Gasteiger partial charge in [-0.3, -0.25) is 9.69 Å². The summed E-state index contributed by atoms with van der Waals surface area (Å²) in [7, 11) is 0. The van der Waals surface area contributed by atoms with Crippen molar-refractivity contribution in [2.24, 2.45) is 0 Å². The molecule has 0 aliphatic heterocycles. The lowest BCUT2D eigenvalue weighted by molar-refractivity contribution is -0.118. The average molecular weight is 405 g/mol. The number of aryl methyl sites for hydroxylation is 3. The first-order chi connectivity index (χ1) is 14.1. The normalized spacial score (nSPS) is 11.1. The fraction of sp³-hybridized carbons (Fsp3) is 0.261. The standard InChI is InChI=1S/C23H24N4OS/c1-17-6-3-8-19(14-17)15-21(28)27(12-5-11-26-13-10-24-16-26)23-25-22-18(2)7-4-9-20(22)29-23/h3-4,6-10,13-14,16H,5,11-12,15H2,1-2H3. The maximum atomic E-state index is 13.3. The SMILES string of the molecule is Cc1cccc(CC(=O)N(CCCn2ccnc2)c2nc3c(C)cccc3s2)c1. The topological polar surface area (TPSA) is 51.0 Å². The first-order valence-electron chi connectivity index (χ1n) is 9.78. The third-order valence-corrected chi connectivity index (χ3v) is 5.98. The van der Waals surface area contributed by atoms with E-state index in [1.54, 1.807) is 23.9 Å². The summed E-state index contributed by atoms with van der Waals surface area (Å²) >= 11 is 1.58. The fourth-order valence-corrected chi connectivity index (χ4v) is 4.53. The predicted molar refractivity (Wildman–Crippen MR) is 118 cm³/mol. The number of benzene rings is 2. The van der Waals surface area contributed by atoms with Crippen LogP contribution in [0.2, 0.25) is 0 Å². The lowest BCUT2D eigenvalue weighted by atomic mass is 10.1. The van der Waals surface area contributed by atoms with Crippen LogP contribution in [-0.4, -0.2) is 27.0 Å². The second-order valence-corrected chi connectivity index (χ2v) is 8.29. The Morgan fingerprint density at radius 1 is 1.17 bits per heavy atom. The molecule has 4 rings (SSSR count). The van der Waals surface area contributed by atoms with Crippen LogP contribution in [0.3, 0.4) is 0 Å². The summed E-state index contributed by atoms with van der Waals surface area (Å²) in [5, 5.41) is 0.776. The molecular formula is C23H24N4OS. The Balaban J connectivity index is 1.58. The highest BCUT2D eigenvalue weighted by molar-refractivity contribution is 7.22. The Morgan fingerprint density at radius 2 is 2.03 bits per heavy atom. The van der Waals surface area contributed by atoms with E-state index in [4.69, 9.17) is 4.98 Å². The Labute approximate surface area is 174 Å². The molecule has 0 fully saturated rings. The van der Waals surface area contributed by atoms with Crippen LogP contribution < -0.4 is 4.90 Å². The zero-order valence-corrected chi connectivity index (χ0v) is 17.5. The molecule has 0 atom stereocenters. The minimum atomic E-state index is 0.0814. The van der Waals surface area contributed by atoms with E-state index in [0.29, 0.717) is 13.0 Å². The van der Waals surface area contributed by atoms with Crippen molar-refractivity contribution in [3.05, 3.63) is 77.9 Å². The summed E-state index contributed by atoms with van der Waals surface area (Å²) in [6.07, 6.45) is 6.74. The number of amides is 1. The summed E-state index contributed by atoms with van der Waals surface area (Å²) < 4.78 is 3.15. The molecule has 0 bridgehead atoms. The van der Waals surface area contributed by atoms with Gasteiger partial charge in [0.2, 0.25) is 5.91 Å². The molecule has 0 unspecified atom stereocenters. The van der Waals surface area contributed by atoms with Gasteiger partial charge in [-0.25, -0.2) is 9.97 Å². The van der Waals surface area contributed by atoms with Crippen LogP contribution >= 0.6 is 11.3 Å². The van der Waals surface area contributed by atoms with Crippen molar-refractivity contribution in [2.75, 3.05) is 11.4 Å². The van der Waals surface area contributed by atoms with Gasteiger partial charge in [-0.15, -0.1) is 0 Å². The van der Waals surface area contributed by atoms with Crippen molar-refractivity contribution in [2.45, 2.75) is 33.2 Å². The third-order valence-electron chi connectivity index (χ3n) is 4.94. The van der Waals surface area contributed by atoms with Crippen molar-refractivity contribution in [3.63, 3.8) is 0 Å². The van der Waals surface area contributed by atoms with Crippen molar-refractivity contribution < 1.29 is 4.79 Å². The molecule has 0 aliphatic carbocycles. The summed E-state index contributed by atoms with van der Waals surface area (Å²) in [4.78, 5) is 24.0. The molecule has 2 heterocycles. The van der Waals surface area contributed by atoms with Crippen molar-refractivity contribution in [3.8, 4) is 0 Å². The van der Waals surface area contributed by atoms with E-state index in [1.807, 2.05) is 46.9 Å². The van der Waals surface area contributed by atoms with Crippen molar-refractivity contribution in [1.29, 1.82) is 0 Å². The van der Waals surface area contributed by atoms with Crippen molar-refractivity contribution in [1.82, 2.24) is 14.5 Å². The molecule has 4 aromatic rings. The molecule has 1 amide bonds. The van der Waals surface area contributed by atoms with Crippen LogP contribution in [0.25, 0.3) is 10.2 Å². The number of para-hydroxylation sites is 1. The number of hydrogen-bond donors (Lipinski definition) is 0. The van der Waals surface area contributed by atoms with Crippen molar-refractivity contribution >= 4 is 32.6 Å². The molecule has 0 spiro atoms. The quantitative estimate of drug-likeness (QED) is 0.446. The van der Waals surface area contributed by atoms with Crippen LogP contribution in [0.1, 0.15) is 23.1 Å². The molecule has 29 heavy (non-hydrogen) atoms. The first-order valence-corrected chi connectivity index (χ1v) is 10.6. The zero-order chi connectivity index (χ0) is 20.2. The monoisotopic (exact) mass is 404 g/mol. The van der Waals surface area contributed by atoms with Gasteiger partial charge in [0.05, 0.1) is 23.0 Å².